The number of amides is 2. The van der Waals surface area contributed by atoms with Crippen molar-refractivity contribution in [3.8, 4) is 34.7 Å². The van der Waals surface area contributed by atoms with E-state index in [1.54, 1.807) is 0 Å². The van der Waals surface area contributed by atoms with Crippen molar-refractivity contribution in [2.24, 2.45) is 23.7 Å². The highest BCUT2D eigenvalue weighted by atomic mass is 19.4. The van der Waals surface area contributed by atoms with E-state index in [2.05, 4.69) is 40.5 Å². The molecule has 292 valence electrons. The minimum atomic E-state index is -4.58. The fraction of sp³-hybridized carbons (Fsp3) is 0.211. The molecule has 0 radical (unpaired) electrons. The number of pyridine rings is 6. The summed E-state index contributed by atoms with van der Waals surface area (Å²) >= 11 is 0. The van der Waals surface area contributed by atoms with Crippen LogP contribution < -0.4 is 22.1 Å². The second kappa shape index (κ2) is 14.9. The van der Waals surface area contributed by atoms with Crippen molar-refractivity contribution in [1.29, 1.82) is 10.5 Å². The number of rotatable bonds is 6. The summed E-state index contributed by atoms with van der Waals surface area (Å²) in [7, 11) is 0. The molecule has 0 unspecified atom stereocenters. The molecule has 6 N–H and O–H groups in total. The quantitative estimate of drug-likeness (QED) is 0.128. The van der Waals surface area contributed by atoms with Gasteiger partial charge in [0, 0.05) is 59.1 Å². The molecule has 2 aliphatic rings. The maximum Gasteiger partial charge on any atom is 0.417 e. The molecule has 14 nitrogen and oxygen atoms in total. The van der Waals surface area contributed by atoms with Crippen LogP contribution >= 0.6 is 0 Å². The lowest BCUT2D eigenvalue weighted by molar-refractivity contribution is -0.138. The number of alkyl halides is 6. The van der Waals surface area contributed by atoms with E-state index < -0.39 is 23.5 Å². The fourth-order valence-corrected chi connectivity index (χ4v) is 6.14. The van der Waals surface area contributed by atoms with E-state index in [1.165, 1.54) is 36.7 Å². The van der Waals surface area contributed by atoms with E-state index in [0.717, 1.165) is 36.9 Å². The first-order chi connectivity index (χ1) is 27.5. The minimum absolute atomic E-state index is 0.00522. The first-order valence-electron chi connectivity index (χ1n) is 17.1. The van der Waals surface area contributed by atoms with Gasteiger partial charge in [0.15, 0.2) is 0 Å². The van der Waals surface area contributed by atoms with E-state index in [1.807, 2.05) is 12.1 Å². The topological polar surface area (TPSA) is 235 Å². The average Bonchev–Trinajstić information content (AvgIpc) is 4.12. The van der Waals surface area contributed by atoms with E-state index in [4.69, 9.17) is 22.0 Å². The molecule has 20 heteroatoms. The Kier molecular flexibility index (Phi) is 9.95. The summed E-state index contributed by atoms with van der Waals surface area (Å²) in [5, 5.41) is 24.7. The maximum absolute atomic E-state index is 13.3. The van der Waals surface area contributed by atoms with Gasteiger partial charge in [-0.05, 0) is 60.0 Å². The summed E-state index contributed by atoms with van der Waals surface area (Å²) in [6, 6.07) is 11.7. The van der Waals surface area contributed by atoms with Crippen LogP contribution in [0.4, 0.5) is 49.6 Å². The molecule has 8 rings (SSSR count). The van der Waals surface area contributed by atoms with Gasteiger partial charge in [-0.2, -0.15) is 36.9 Å². The fourth-order valence-electron chi connectivity index (χ4n) is 6.14. The summed E-state index contributed by atoms with van der Waals surface area (Å²) in [5.41, 5.74) is 9.70. The van der Waals surface area contributed by atoms with Crippen LogP contribution in [0.1, 0.15) is 24.0 Å². The Bertz CT molecular complexity index is 2530. The highest BCUT2D eigenvalue weighted by Crippen LogP contribution is 2.41. The third kappa shape index (κ3) is 8.07. The van der Waals surface area contributed by atoms with Crippen molar-refractivity contribution in [2.45, 2.75) is 25.2 Å². The number of nitriles is 2. The second-order valence-electron chi connectivity index (χ2n) is 13.3. The normalized spacial score (nSPS) is 18.3. The molecule has 4 atom stereocenters. The summed E-state index contributed by atoms with van der Waals surface area (Å²) in [6.07, 6.45) is -1.12. The van der Waals surface area contributed by atoms with Crippen LogP contribution in [0.3, 0.4) is 0 Å². The molecular formula is C38H26F6N12O2. The van der Waals surface area contributed by atoms with Gasteiger partial charge in [-0.1, -0.05) is 0 Å². The van der Waals surface area contributed by atoms with Gasteiger partial charge >= 0.3 is 12.4 Å². The largest absolute Gasteiger partial charge is 0.417 e. The Morgan fingerprint density at radius 2 is 1.05 bits per heavy atom. The van der Waals surface area contributed by atoms with Crippen molar-refractivity contribution < 1.29 is 35.9 Å². The Morgan fingerprint density at radius 1 is 0.655 bits per heavy atom. The number of hydrogen-bond acceptors (Lipinski definition) is 12. The summed E-state index contributed by atoms with van der Waals surface area (Å²) < 4.78 is 80.0. The maximum atomic E-state index is 13.3. The van der Waals surface area contributed by atoms with Gasteiger partial charge in [0.1, 0.15) is 23.3 Å². The summed E-state index contributed by atoms with van der Waals surface area (Å²) in [6.45, 7) is 0. The predicted molar refractivity (Wildman–Crippen MR) is 196 cm³/mol. The minimum Gasteiger partial charge on any atom is -0.383 e. The number of hydrogen-bond donors (Lipinski definition) is 4. The van der Waals surface area contributed by atoms with Gasteiger partial charge in [-0.15, -0.1) is 0 Å². The Hall–Kier alpha value is -7.48. The lowest BCUT2D eigenvalue weighted by atomic mass is 10.0. The van der Waals surface area contributed by atoms with E-state index >= 15 is 0 Å². The molecule has 0 spiro atoms. The molecule has 2 fully saturated rings. The molecule has 6 heterocycles. The van der Waals surface area contributed by atoms with Crippen molar-refractivity contribution >= 4 is 56.6 Å². The smallest absolute Gasteiger partial charge is 0.383 e. The molecule has 2 saturated carbocycles. The summed E-state index contributed by atoms with van der Waals surface area (Å²) in [4.78, 5) is 48.1. The molecule has 6 aromatic heterocycles. The molecular weight excluding hydrogens is 770 g/mol. The zero-order valence-electron chi connectivity index (χ0n) is 29.5. The Morgan fingerprint density at radius 3 is 1.40 bits per heavy atom. The first-order valence-corrected chi connectivity index (χ1v) is 17.1. The van der Waals surface area contributed by atoms with Crippen molar-refractivity contribution in [1.82, 2.24) is 29.9 Å². The van der Waals surface area contributed by atoms with Crippen LogP contribution in [-0.2, 0) is 21.9 Å². The van der Waals surface area contributed by atoms with Gasteiger partial charge in [0.05, 0.1) is 58.3 Å². The van der Waals surface area contributed by atoms with Gasteiger partial charge in [0.2, 0.25) is 11.8 Å². The number of nitrogens with two attached hydrogens (primary N) is 2. The number of fused-ring (bicyclic) bond motifs is 2. The van der Waals surface area contributed by atoms with Crippen molar-refractivity contribution in [2.75, 3.05) is 22.1 Å². The average molecular weight is 797 g/mol. The molecule has 0 aromatic carbocycles. The highest BCUT2D eigenvalue weighted by Gasteiger charge is 2.44. The number of carbonyl (C=O) groups is 2. The Balaban J connectivity index is 0.000000177. The molecule has 2 amide bonds. The zero-order chi connectivity index (χ0) is 41.5. The molecule has 0 bridgehead atoms. The van der Waals surface area contributed by atoms with E-state index in [9.17, 15) is 35.9 Å². The second-order valence-corrected chi connectivity index (χ2v) is 13.3. The monoisotopic (exact) mass is 796 g/mol. The number of halogens is 6. The molecule has 6 aromatic rings. The third-order valence-electron chi connectivity index (χ3n) is 9.38. The molecule has 0 aliphatic heterocycles. The van der Waals surface area contributed by atoms with Crippen LogP contribution in [0.15, 0.2) is 73.6 Å². The van der Waals surface area contributed by atoms with Gasteiger partial charge < -0.3 is 22.1 Å². The lowest BCUT2D eigenvalue weighted by Gasteiger charge is -2.13. The predicted octanol–water partition coefficient (Wildman–Crippen LogP) is 6.78. The van der Waals surface area contributed by atoms with Gasteiger partial charge in [-0.25, -0.2) is 19.9 Å². The van der Waals surface area contributed by atoms with Crippen LogP contribution in [0.5, 0.6) is 0 Å². The number of nitrogens with one attached hydrogen (secondary N) is 2. The van der Waals surface area contributed by atoms with Crippen LogP contribution in [0.25, 0.3) is 44.1 Å². The number of aromatic nitrogens is 6. The third-order valence-corrected chi connectivity index (χ3v) is 9.38. The molecule has 0 saturated heterocycles. The standard InChI is InChI=1S/2C19H13F3N6O/c2*20-19(21,22)14-1-2-25-7-13(14)15-4-9-5-16(26-8-12(9)17(24)27-15)28-18(29)11-3-10(11)6-23/h2*1-2,4-5,7-8,10-11H,3H2,(H2,24,27)(H,26,28,29)/t2*10-,11+/m10/s1. The number of nitrogens with zero attached hydrogens (tertiary/aromatic N) is 8. The Labute approximate surface area is 323 Å². The van der Waals surface area contributed by atoms with Crippen LogP contribution in [0, 0.1) is 46.3 Å². The summed E-state index contributed by atoms with van der Waals surface area (Å²) in [5.74, 6) is -1.55. The van der Waals surface area contributed by atoms with Crippen molar-refractivity contribution in [3.05, 3.63) is 84.7 Å². The number of anilines is 4. The highest BCUT2D eigenvalue weighted by molar-refractivity contribution is 6.00. The van der Waals surface area contributed by atoms with Gasteiger partial charge in [-0.3, -0.25) is 19.6 Å². The van der Waals surface area contributed by atoms with Crippen LogP contribution in [0.2, 0.25) is 0 Å². The van der Waals surface area contributed by atoms with E-state index in [0.29, 0.717) is 34.4 Å². The number of nitrogen functional groups attached to an aromatic ring is 2. The lowest BCUT2D eigenvalue weighted by Crippen LogP contribution is -2.15. The van der Waals surface area contributed by atoms with Gasteiger partial charge in [0.25, 0.3) is 0 Å². The molecule has 58 heavy (non-hydrogen) atoms. The number of carbonyl (C=O) groups excluding carboxylic acids is 2. The molecule has 2 aliphatic carbocycles. The van der Waals surface area contributed by atoms with Crippen molar-refractivity contribution in [3.63, 3.8) is 0 Å². The van der Waals surface area contributed by atoms with E-state index in [-0.39, 0.29) is 81.3 Å². The van der Waals surface area contributed by atoms with Crippen LogP contribution in [-0.4, -0.2) is 41.7 Å². The first kappa shape index (κ1) is 38.8. The zero-order valence-corrected chi connectivity index (χ0v) is 29.5. The SMILES string of the molecule is N#C[C@@H]1C[C@H]1C(=O)Nc1cc2cc(-c3cnccc3C(F)(F)F)nc(N)c2cn1.N#C[C@H]1C[C@@H]1C(=O)Nc1cc2cc(-c3cnccc3C(F)(F)F)nc(N)c2cn1.